The minimum absolute atomic E-state index is 0.666. The maximum absolute atomic E-state index is 6.67. The Morgan fingerprint density at radius 1 is 0.469 bits per heavy atom. The van der Waals surface area contributed by atoms with Crippen molar-refractivity contribution in [3.05, 3.63) is 146 Å². The minimum Gasteiger partial charge on any atom is -0.450 e. The molecule has 12 rings (SSSR count). The van der Waals surface area contributed by atoms with E-state index in [1.807, 2.05) is 36.4 Å². The molecular formula is C44H24N4O. The highest BCUT2D eigenvalue weighted by Crippen LogP contribution is 2.48. The molecule has 0 bridgehead atoms. The second kappa shape index (κ2) is 9.00. The zero-order valence-corrected chi connectivity index (χ0v) is 26.1. The fourth-order valence-corrected chi connectivity index (χ4v) is 8.45. The molecule has 0 amide bonds. The highest BCUT2D eigenvalue weighted by molar-refractivity contribution is 6.37. The molecule has 0 unspecified atom stereocenters. The molecule has 49 heavy (non-hydrogen) atoms. The first-order valence-corrected chi connectivity index (χ1v) is 16.6. The van der Waals surface area contributed by atoms with E-state index in [0.717, 1.165) is 38.9 Å². The van der Waals surface area contributed by atoms with Gasteiger partial charge in [-0.3, -0.25) is 4.57 Å². The average molecular weight is 625 g/mol. The zero-order chi connectivity index (χ0) is 31.8. The lowest BCUT2D eigenvalue weighted by Crippen LogP contribution is -2.01. The van der Waals surface area contributed by atoms with Gasteiger partial charge in [-0.1, -0.05) is 109 Å². The van der Waals surface area contributed by atoms with E-state index in [-0.39, 0.29) is 0 Å². The van der Waals surface area contributed by atoms with E-state index >= 15 is 0 Å². The molecule has 0 atom stereocenters. The Kier molecular flexibility index (Phi) is 4.66. The van der Waals surface area contributed by atoms with E-state index in [2.05, 4.69) is 118 Å². The number of para-hydroxylation sites is 3. The third kappa shape index (κ3) is 3.15. The van der Waals surface area contributed by atoms with Gasteiger partial charge < -0.3 is 8.82 Å². The van der Waals surface area contributed by atoms with Crippen LogP contribution in [0.3, 0.4) is 0 Å². The third-order valence-electron chi connectivity index (χ3n) is 10.4. The number of benzene rings is 7. The van der Waals surface area contributed by atoms with Gasteiger partial charge in [0.05, 0.1) is 27.6 Å². The molecule has 5 heteroatoms. The number of aromatic nitrogens is 4. The summed E-state index contributed by atoms with van der Waals surface area (Å²) in [7, 11) is 0. The van der Waals surface area contributed by atoms with Crippen molar-refractivity contribution < 1.29 is 4.42 Å². The SMILES string of the molecule is c1ccc(-c2nc(-n3c4ccccc4c4c5c6ccccc6n6c7ccc8ccccc8c7c(cc43)c56)c3oc4ccccc4c3n2)cc1. The van der Waals surface area contributed by atoms with Crippen molar-refractivity contribution in [3.63, 3.8) is 0 Å². The minimum atomic E-state index is 0.666. The molecule has 5 aromatic heterocycles. The number of hydrogen-bond acceptors (Lipinski definition) is 3. The first kappa shape index (κ1) is 25.4. The number of rotatable bonds is 2. The van der Waals surface area contributed by atoms with Crippen LogP contribution in [0.25, 0.3) is 110 Å². The molecule has 226 valence electrons. The molecule has 0 aliphatic heterocycles. The van der Waals surface area contributed by atoms with Crippen molar-refractivity contribution in [1.29, 1.82) is 0 Å². The predicted molar refractivity (Wildman–Crippen MR) is 201 cm³/mol. The Morgan fingerprint density at radius 2 is 1.16 bits per heavy atom. The van der Waals surface area contributed by atoms with Crippen LogP contribution in [0.1, 0.15) is 0 Å². The Hall–Kier alpha value is -6.72. The van der Waals surface area contributed by atoms with E-state index in [1.165, 1.54) is 59.6 Å². The van der Waals surface area contributed by atoms with Crippen molar-refractivity contribution in [3.8, 4) is 17.2 Å². The molecule has 0 saturated carbocycles. The summed E-state index contributed by atoms with van der Waals surface area (Å²) in [6, 6.07) is 51.5. The van der Waals surface area contributed by atoms with Crippen LogP contribution in [0.15, 0.2) is 150 Å². The number of hydrogen-bond donors (Lipinski definition) is 0. The maximum atomic E-state index is 6.67. The molecule has 0 spiro atoms. The van der Waals surface area contributed by atoms with E-state index in [0.29, 0.717) is 11.4 Å². The predicted octanol–water partition coefficient (Wildman–Crippen LogP) is 11.4. The highest BCUT2D eigenvalue weighted by atomic mass is 16.3. The Labute approximate surface area is 278 Å². The van der Waals surface area contributed by atoms with Crippen molar-refractivity contribution in [1.82, 2.24) is 18.9 Å². The first-order valence-electron chi connectivity index (χ1n) is 16.6. The molecule has 0 aliphatic rings. The summed E-state index contributed by atoms with van der Waals surface area (Å²) in [6.45, 7) is 0. The molecule has 0 radical (unpaired) electrons. The quantitative estimate of drug-likeness (QED) is 0.192. The molecule has 0 fully saturated rings. The monoisotopic (exact) mass is 624 g/mol. The summed E-state index contributed by atoms with van der Waals surface area (Å²) in [4.78, 5) is 10.5. The number of nitrogens with zero attached hydrogens (tertiary/aromatic N) is 4. The molecule has 5 nitrogen and oxygen atoms in total. The maximum Gasteiger partial charge on any atom is 0.197 e. The second-order valence-electron chi connectivity index (χ2n) is 12.9. The molecule has 5 heterocycles. The number of furan rings is 1. The summed E-state index contributed by atoms with van der Waals surface area (Å²) in [5.41, 5.74) is 9.09. The zero-order valence-electron chi connectivity index (χ0n) is 26.1. The van der Waals surface area contributed by atoms with Crippen LogP contribution in [0.4, 0.5) is 0 Å². The average Bonchev–Trinajstić information content (AvgIpc) is 3.90. The van der Waals surface area contributed by atoms with Gasteiger partial charge in [0, 0.05) is 43.3 Å². The molecule has 12 aromatic rings. The van der Waals surface area contributed by atoms with E-state index < -0.39 is 0 Å². The van der Waals surface area contributed by atoms with Gasteiger partial charge in [0.1, 0.15) is 11.1 Å². The van der Waals surface area contributed by atoms with Crippen molar-refractivity contribution in [2.75, 3.05) is 0 Å². The standard InChI is InChI=1S/C44H24N4O/c1-2-13-26(14-3-1)43-45-40-30-18-8-11-21-36(30)49-42(40)44(46-43)48-33-20-10-6-16-28(33)38-35(48)24-31-37-27-15-5-4-12-25(27)22-23-34(37)47-32-19-9-7-17-29(32)39(38)41(31)47/h1-24H. The van der Waals surface area contributed by atoms with Crippen LogP contribution < -0.4 is 0 Å². The van der Waals surface area contributed by atoms with Gasteiger partial charge in [0.15, 0.2) is 17.2 Å². The smallest absolute Gasteiger partial charge is 0.197 e. The van der Waals surface area contributed by atoms with Crippen molar-refractivity contribution in [2.45, 2.75) is 0 Å². The summed E-state index contributed by atoms with van der Waals surface area (Å²) in [5.74, 6) is 1.40. The van der Waals surface area contributed by atoms with Crippen LogP contribution in [0.5, 0.6) is 0 Å². The molecule has 0 saturated heterocycles. The lowest BCUT2D eigenvalue weighted by atomic mass is 9.99. The first-order chi connectivity index (χ1) is 24.3. The lowest BCUT2D eigenvalue weighted by Gasteiger charge is -2.10. The van der Waals surface area contributed by atoms with Gasteiger partial charge in [-0.2, -0.15) is 0 Å². The van der Waals surface area contributed by atoms with Crippen LogP contribution in [-0.2, 0) is 0 Å². The molecule has 7 aromatic carbocycles. The molecular weight excluding hydrogens is 601 g/mol. The second-order valence-corrected chi connectivity index (χ2v) is 12.9. The van der Waals surface area contributed by atoms with Crippen LogP contribution in [-0.4, -0.2) is 18.9 Å². The van der Waals surface area contributed by atoms with Gasteiger partial charge in [0.25, 0.3) is 0 Å². The topological polar surface area (TPSA) is 48.3 Å². The van der Waals surface area contributed by atoms with E-state index in [4.69, 9.17) is 14.4 Å². The van der Waals surface area contributed by atoms with Crippen LogP contribution >= 0.6 is 0 Å². The van der Waals surface area contributed by atoms with Gasteiger partial charge in [-0.15, -0.1) is 0 Å². The largest absolute Gasteiger partial charge is 0.450 e. The summed E-state index contributed by atoms with van der Waals surface area (Å²) in [5, 5.41) is 10.9. The van der Waals surface area contributed by atoms with Gasteiger partial charge >= 0.3 is 0 Å². The fraction of sp³-hybridized carbons (Fsp3) is 0. The van der Waals surface area contributed by atoms with Crippen molar-refractivity contribution >= 4 is 92.7 Å². The van der Waals surface area contributed by atoms with Gasteiger partial charge in [-0.25, -0.2) is 9.97 Å². The summed E-state index contributed by atoms with van der Waals surface area (Å²) in [6.07, 6.45) is 0. The van der Waals surface area contributed by atoms with Crippen LogP contribution in [0.2, 0.25) is 0 Å². The van der Waals surface area contributed by atoms with Crippen molar-refractivity contribution in [2.24, 2.45) is 0 Å². The lowest BCUT2D eigenvalue weighted by molar-refractivity contribution is 0.662. The summed E-state index contributed by atoms with van der Waals surface area (Å²) < 4.78 is 11.5. The van der Waals surface area contributed by atoms with E-state index in [9.17, 15) is 0 Å². The third-order valence-corrected chi connectivity index (χ3v) is 10.4. The van der Waals surface area contributed by atoms with E-state index in [1.54, 1.807) is 0 Å². The Balaban J connectivity index is 1.36. The Bertz CT molecular complexity index is 3330. The highest BCUT2D eigenvalue weighted by Gasteiger charge is 2.27. The Morgan fingerprint density at radius 3 is 2.02 bits per heavy atom. The van der Waals surface area contributed by atoms with Crippen LogP contribution in [0, 0.1) is 0 Å². The molecule has 0 N–H and O–H groups in total. The normalized spacial score (nSPS) is 12.5. The van der Waals surface area contributed by atoms with Gasteiger partial charge in [0.2, 0.25) is 0 Å². The molecule has 0 aliphatic carbocycles. The summed E-state index contributed by atoms with van der Waals surface area (Å²) >= 11 is 0. The van der Waals surface area contributed by atoms with Gasteiger partial charge in [-0.05, 0) is 47.2 Å². The fourth-order valence-electron chi connectivity index (χ4n) is 8.45. The number of fused-ring (bicyclic) bond motifs is 15.